The summed E-state index contributed by atoms with van der Waals surface area (Å²) >= 11 is 0. The molecule has 0 unspecified atom stereocenters. The molecule has 4 heteroatoms. The van der Waals surface area contributed by atoms with Gasteiger partial charge >= 0.3 is 0 Å². The number of aryl methyl sites for hydroxylation is 1. The van der Waals surface area contributed by atoms with Crippen LogP contribution in [0.2, 0.25) is 0 Å². The lowest BCUT2D eigenvalue weighted by atomic mass is 10.1. The second-order valence-corrected chi connectivity index (χ2v) is 3.55. The number of ether oxygens (including phenoxy) is 1. The Bertz CT molecular complexity index is 321. The Morgan fingerprint density at radius 1 is 1.64 bits per heavy atom. The highest BCUT2D eigenvalue weighted by Crippen LogP contribution is 2.18. The number of nitrogens with one attached hydrogen (secondary N) is 1. The molecule has 4 nitrogen and oxygen atoms in total. The molecule has 1 aromatic heterocycles. The Hall–Kier alpha value is -1.13. The first kappa shape index (κ1) is 9.43. The second kappa shape index (κ2) is 3.94. The molecular weight excluding hydrogens is 178 g/mol. The molecule has 76 valence electrons. The Morgan fingerprint density at radius 3 is 3.14 bits per heavy atom. The zero-order valence-corrected chi connectivity index (χ0v) is 8.29. The molecule has 0 spiro atoms. The van der Waals surface area contributed by atoms with Crippen LogP contribution >= 0.6 is 0 Å². The van der Waals surface area contributed by atoms with Crippen LogP contribution in [-0.4, -0.2) is 24.7 Å². The number of aromatic nitrogens is 1. The molecule has 0 aromatic carbocycles. The average Bonchev–Trinajstić information content (AvgIpc) is 2.23. The van der Waals surface area contributed by atoms with Gasteiger partial charge in [0.2, 0.25) is 0 Å². The Morgan fingerprint density at radius 2 is 2.50 bits per heavy atom. The predicted octanol–water partition coefficient (Wildman–Crippen LogP) is 0.633. The number of pyridine rings is 1. The van der Waals surface area contributed by atoms with E-state index in [0.717, 1.165) is 24.3 Å². The maximum atomic E-state index is 5.66. The minimum absolute atomic E-state index is 0.260. The summed E-state index contributed by atoms with van der Waals surface area (Å²) in [6.45, 7) is 4.37. The molecule has 0 saturated carbocycles. The number of nitrogens with two attached hydrogens (primary N) is 1. The van der Waals surface area contributed by atoms with E-state index in [0.29, 0.717) is 12.4 Å². The average molecular weight is 193 g/mol. The highest BCUT2D eigenvalue weighted by Gasteiger charge is 2.15. The minimum atomic E-state index is 0.260. The van der Waals surface area contributed by atoms with E-state index in [1.165, 1.54) is 0 Å². The standard InChI is InChI=1S/C10H15N3O/c1-7-4-8(5-13-10(7)11)9-6-14-3-2-12-9/h4-5,9,12H,2-3,6H2,1H3,(H2,11,13)/t9-/m0/s1. The van der Waals surface area contributed by atoms with Crippen molar-refractivity contribution >= 4 is 5.82 Å². The van der Waals surface area contributed by atoms with Crippen LogP contribution in [0.1, 0.15) is 17.2 Å². The van der Waals surface area contributed by atoms with Crippen LogP contribution in [0.4, 0.5) is 5.82 Å². The first-order valence-electron chi connectivity index (χ1n) is 4.80. The van der Waals surface area contributed by atoms with E-state index in [4.69, 9.17) is 10.5 Å². The zero-order valence-electron chi connectivity index (χ0n) is 8.29. The lowest BCUT2D eigenvalue weighted by Gasteiger charge is -2.24. The van der Waals surface area contributed by atoms with Gasteiger partial charge in [0.1, 0.15) is 5.82 Å². The summed E-state index contributed by atoms with van der Waals surface area (Å²) in [4.78, 5) is 4.14. The van der Waals surface area contributed by atoms with Crippen molar-refractivity contribution in [3.8, 4) is 0 Å². The lowest BCUT2D eigenvalue weighted by Crippen LogP contribution is -2.34. The molecule has 0 bridgehead atoms. The van der Waals surface area contributed by atoms with Crippen LogP contribution in [0.15, 0.2) is 12.3 Å². The van der Waals surface area contributed by atoms with Gasteiger partial charge in [0.25, 0.3) is 0 Å². The first-order valence-corrected chi connectivity index (χ1v) is 4.80. The molecule has 2 rings (SSSR count). The summed E-state index contributed by atoms with van der Waals surface area (Å²) < 4.78 is 5.39. The summed E-state index contributed by atoms with van der Waals surface area (Å²) in [5.74, 6) is 0.602. The Balaban J connectivity index is 2.18. The van der Waals surface area contributed by atoms with Gasteiger partial charge in [-0.25, -0.2) is 4.98 Å². The van der Waals surface area contributed by atoms with Gasteiger partial charge in [0, 0.05) is 12.7 Å². The van der Waals surface area contributed by atoms with E-state index >= 15 is 0 Å². The minimum Gasteiger partial charge on any atom is -0.383 e. The molecule has 1 fully saturated rings. The lowest BCUT2D eigenvalue weighted by molar-refractivity contribution is 0.0768. The van der Waals surface area contributed by atoms with Crippen LogP contribution in [0.5, 0.6) is 0 Å². The highest BCUT2D eigenvalue weighted by molar-refractivity contribution is 5.40. The summed E-state index contributed by atoms with van der Waals surface area (Å²) in [5.41, 5.74) is 7.83. The number of hydrogen-bond acceptors (Lipinski definition) is 4. The fourth-order valence-electron chi connectivity index (χ4n) is 1.58. The van der Waals surface area contributed by atoms with E-state index in [1.54, 1.807) is 0 Å². The van der Waals surface area contributed by atoms with Crippen molar-refractivity contribution in [1.29, 1.82) is 0 Å². The molecule has 0 amide bonds. The third kappa shape index (κ3) is 1.86. The van der Waals surface area contributed by atoms with Crippen LogP contribution in [0, 0.1) is 6.92 Å². The third-order valence-corrected chi connectivity index (χ3v) is 2.46. The number of nitrogen functional groups attached to an aromatic ring is 1. The number of anilines is 1. The van der Waals surface area contributed by atoms with E-state index in [1.807, 2.05) is 13.1 Å². The van der Waals surface area contributed by atoms with Gasteiger partial charge in [-0.15, -0.1) is 0 Å². The fraction of sp³-hybridized carbons (Fsp3) is 0.500. The SMILES string of the molecule is Cc1cc([C@@H]2COCCN2)cnc1N. The molecule has 1 saturated heterocycles. The molecule has 1 atom stereocenters. The van der Waals surface area contributed by atoms with Crippen molar-refractivity contribution in [3.05, 3.63) is 23.4 Å². The van der Waals surface area contributed by atoms with Crippen LogP contribution in [0.25, 0.3) is 0 Å². The van der Waals surface area contributed by atoms with E-state index in [2.05, 4.69) is 16.4 Å². The van der Waals surface area contributed by atoms with Gasteiger partial charge in [0.05, 0.1) is 19.3 Å². The number of morpholine rings is 1. The first-order chi connectivity index (χ1) is 6.77. The topological polar surface area (TPSA) is 60.2 Å². The Labute approximate surface area is 83.5 Å². The Kier molecular flexibility index (Phi) is 2.65. The monoisotopic (exact) mass is 193 g/mol. The van der Waals surface area contributed by atoms with E-state index in [-0.39, 0.29) is 6.04 Å². The van der Waals surface area contributed by atoms with Crippen molar-refractivity contribution in [2.24, 2.45) is 0 Å². The fourth-order valence-corrected chi connectivity index (χ4v) is 1.58. The number of rotatable bonds is 1. The molecule has 1 aliphatic heterocycles. The molecule has 0 radical (unpaired) electrons. The third-order valence-electron chi connectivity index (χ3n) is 2.46. The van der Waals surface area contributed by atoms with Crippen LogP contribution < -0.4 is 11.1 Å². The number of nitrogens with zero attached hydrogens (tertiary/aromatic N) is 1. The van der Waals surface area contributed by atoms with Crippen molar-refractivity contribution in [1.82, 2.24) is 10.3 Å². The highest BCUT2D eigenvalue weighted by atomic mass is 16.5. The van der Waals surface area contributed by atoms with Crippen molar-refractivity contribution in [3.63, 3.8) is 0 Å². The maximum Gasteiger partial charge on any atom is 0.126 e. The van der Waals surface area contributed by atoms with Gasteiger partial charge in [0.15, 0.2) is 0 Å². The predicted molar refractivity (Wildman–Crippen MR) is 54.9 cm³/mol. The van der Waals surface area contributed by atoms with Gasteiger partial charge in [-0.1, -0.05) is 0 Å². The summed E-state index contributed by atoms with van der Waals surface area (Å²) in [6, 6.07) is 2.32. The van der Waals surface area contributed by atoms with Gasteiger partial charge in [-0.2, -0.15) is 0 Å². The molecule has 2 heterocycles. The second-order valence-electron chi connectivity index (χ2n) is 3.55. The normalized spacial score (nSPS) is 22.2. The quantitative estimate of drug-likeness (QED) is 0.687. The van der Waals surface area contributed by atoms with Crippen molar-refractivity contribution in [2.75, 3.05) is 25.5 Å². The van der Waals surface area contributed by atoms with E-state index < -0.39 is 0 Å². The molecule has 0 aliphatic carbocycles. The summed E-state index contributed by atoms with van der Waals surface area (Å²) in [6.07, 6.45) is 1.81. The van der Waals surface area contributed by atoms with Crippen LogP contribution in [0.3, 0.4) is 0 Å². The molecule has 1 aliphatic rings. The van der Waals surface area contributed by atoms with Gasteiger partial charge in [-0.3, -0.25) is 0 Å². The van der Waals surface area contributed by atoms with E-state index in [9.17, 15) is 0 Å². The summed E-state index contributed by atoms with van der Waals surface area (Å²) in [7, 11) is 0. The maximum absolute atomic E-state index is 5.66. The van der Waals surface area contributed by atoms with Crippen LogP contribution in [-0.2, 0) is 4.74 Å². The smallest absolute Gasteiger partial charge is 0.126 e. The zero-order chi connectivity index (χ0) is 9.97. The van der Waals surface area contributed by atoms with Crippen molar-refractivity contribution in [2.45, 2.75) is 13.0 Å². The van der Waals surface area contributed by atoms with Gasteiger partial charge in [-0.05, 0) is 24.1 Å². The molecule has 3 N–H and O–H groups in total. The van der Waals surface area contributed by atoms with Crippen molar-refractivity contribution < 1.29 is 4.74 Å². The number of hydrogen-bond donors (Lipinski definition) is 2. The molecular formula is C10H15N3O. The summed E-state index contributed by atoms with van der Waals surface area (Å²) in [5, 5.41) is 3.38. The largest absolute Gasteiger partial charge is 0.383 e. The molecule has 14 heavy (non-hydrogen) atoms. The van der Waals surface area contributed by atoms with Gasteiger partial charge < -0.3 is 15.8 Å². The molecule has 1 aromatic rings.